The van der Waals surface area contributed by atoms with E-state index in [4.69, 9.17) is 14.3 Å². The Balaban J connectivity index is 1.32. The van der Waals surface area contributed by atoms with Crippen LogP contribution in [0.15, 0.2) is 41.8 Å². The van der Waals surface area contributed by atoms with E-state index in [-0.39, 0.29) is 17.7 Å². The second-order valence-electron chi connectivity index (χ2n) is 9.00. The summed E-state index contributed by atoms with van der Waals surface area (Å²) in [4.78, 5) is 9.69. The van der Waals surface area contributed by atoms with Gasteiger partial charge >= 0.3 is 0 Å². The molecule has 38 heavy (non-hydrogen) atoms. The van der Waals surface area contributed by atoms with Crippen LogP contribution in [0.5, 0.6) is 5.88 Å². The van der Waals surface area contributed by atoms with Crippen LogP contribution in [0.4, 0.5) is 13.2 Å². The molecule has 0 bridgehead atoms. The van der Waals surface area contributed by atoms with Gasteiger partial charge < -0.3 is 29.6 Å². The Bertz CT molecular complexity index is 1300. The largest absolute Gasteiger partial charge is 0.481 e. The molecule has 1 unspecified atom stereocenters. The predicted octanol–water partition coefficient (Wildman–Crippen LogP) is 1.37. The number of halogens is 3. The van der Waals surface area contributed by atoms with E-state index in [9.17, 15) is 28.5 Å². The van der Waals surface area contributed by atoms with Gasteiger partial charge in [0.15, 0.2) is 17.5 Å². The average molecular weight is 535 g/mol. The highest BCUT2D eigenvalue weighted by Gasteiger charge is 2.47. The Morgan fingerprint density at radius 2 is 1.82 bits per heavy atom. The summed E-state index contributed by atoms with van der Waals surface area (Å²) in [7, 11) is 1.51. The molecule has 5 rings (SSSR count). The maximum atomic E-state index is 13.7. The summed E-state index contributed by atoms with van der Waals surface area (Å²) in [6, 6.07) is 3.87. The highest BCUT2D eigenvalue weighted by molar-refractivity contribution is 6.01. The minimum Gasteiger partial charge on any atom is -0.481 e. The van der Waals surface area contributed by atoms with E-state index in [2.05, 4.69) is 20.5 Å². The summed E-state index contributed by atoms with van der Waals surface area (Å²) in [5.41, 5.74) is 1.28. The van der Waals surface area contributed by atoms with Crippen LogP contribution >= 0.6 is 0 Å². The average Bonchev–Trinajstić information content (AvgIpc) is 3.59. The number of benzene rings is 1. The molecule has 1 fully saturated rings. The zero-order valence-corrected chi connectivity index (χ0v) is 20.0. The predicted molar refractivity (Wildman–Crippen MR) is 124 cm³/mol. The first-order chi connectivity index (χ1) is 18.3. The summed E-state index contributed by atoms with van der Waals surface area (Å²) >= 11 is 0. The maximum absolute atomic E-state index is 13.7. The van der Waals surface area contributed by atoms with Crippen molar-refractivity contribution in [2.45, 2.75) is 49.4 Å². The van der Waals surface area contributed by atoms with Crippen LogP contribution in [0.1, 0.15) is 24.4 Å². The lowest BCUT2D eigenvalue weighted by molar-refractivity contribution is -0.212. The first kappa shape index (κ1) is 26.0. The van der Waals surface area contributed by atoms with E-state index in [0.717, 1.165) is 22.4 Å². The summed E-state index contributed by atoms with van der Waals surface area (Å²) in [5, 5.41) is 43.6. The number of nitrogens with zero attached hydrogens (tertiary/aromatic N) is 5. The standard InChI is InChI=1S/C24H24F3N5O6/c1-36-20-3-2-11(8-28-20)16-6-13(38-30-16)7-18-23(34)22(24(35)19(10-33)37-18)32-9-17(29-31-32)12-4-14(25)21(27)15(26)5-12/h2-5,8-9,13,18-19,22-24,33-35H,6-7,10H2,1H3/t13?,18-,19-,22-,23+,24+/m1/s1. The van der Waals surface area contributed by atoms with Gasteiger partial charge in [-0.25, -0.2) is 22.8 Å². The molecule has 2 aliphatic heterocycles. The number of ether oxygens (including phenoxy) is 2. The van der Waals surface area contributed by atoms with E-state index >= 15 is 0 Å². The Morgan fingerprint density at radius 3 is 2.47 bits per heavy atom. The van der Waals surface area contributed by atoms with Gasteiger partial charge in [0.2, 0.25) is 5.88 Å². The van der Waals surface area contributed by atoms with Gasteiger partial charge in [0.25, 0.3) is 0 Å². The maximum Gasteiger partial charge on any atom is 0.212 e. The molecule has 3 N–H and O–H groups in total. The summed E-state index contributed by atoms with van der Waals surface area (Å²) in [6.07, 6.45) is -1.77. The third kappa shape index (κ3) is 4.95. The van der Waals surface area contributed by atoms with E-state index in [0.29, 0.717) is 18.0 Å². The van der Waals surface area contributed by atoms with Gasteiger partial charge in [0.1, 0.15) is 36.2 Å². The molecule has 4 heterocycles. The smallest absolute Gasteiger partial charge is 0.212 e. The van der Waals surface area contributed by atoms with Crippen LogP contribution in [0.25, 0.3) is 11.3 Å². The van der Waals surface area contributed by atoms with Crippen molar-refractivity contribution < 1.29 is 42.8 Å². The Morgan fingerprint density at radius 1 is 1.08 bits per heavy atom. The van der Waals surface area contributed by atoms with Crippen molar-refractivity contribution in [1.29, 1.82) is 0 Å². The number of aromatic nitrogens is 4. The third-order valence-corrected chi connectivity index (χ3v) is 6.59. The van der Waals surface area contributed by atoms with Crippen LogP contribution in [0.3, 0.4) is 0 Å². The molecule has 0 saturated carbocycles. The van der Waals surface area contributed by atoms with Crippen molar-refractivity contribution in [3.05, 3.63) is 59.7 Å². The van der Waals surface area contributed by atoms with Crippen LogP contribution in [0, 0.1) is 17.5 Å². The van der Waals surface area contributed by atoms with Crippen molar-refractivity contribution >= 4 is 5.71 Å². The molecule has 1 saturated heterocycles. The minimum absolute atomic E-state index is 0.0175. The van der Waals surface area contributed by atoms with Gasteiger partial charge in [-0.2, -0.15) is 0 Å². The topological polar surface area (TPSA) is 144 Å². The van der Waals surface area contributed by atoms with Gasteiger partial charge in [-0.3, -0.25) is 0 Å². The zero-order valence-electron chi connectivity index (χ0n) is 20.0. The number of pyridine rings is 1. The molecule has 11 nitrogen and oxygen atoms in total. The van der Waals surface area contributed by atoms with Gasteiger partial charge in [0.05, 0.1) is 31.7 Å². The van der Waals surface area contributed by atoms with Crippen molar-refractivity contribution in [1.82, 2.24) is 20.0 Å². The van der Waals surface area contributed by atoms with Crippen molar-refractivity contribution in [3.8, 4) is 17.1 Å². The number of hydrogen-bond donors (Lipinski definition) is 3. The normalized spacial score (nSPS) is 27.2. The lowest BCUT2D eigenvalue weighted by atomic mass is 9.89. The summed E-state index contributed by atoms with van der Waals surface area (Å²) in [6.45, 7) is -0.554. The molecule has 6 atom stereocenters. The number of oxime groups is 1. The van der Waals surface area contributed by atoms with E-state index in [1.807, 2.05) is 0 Å². The molecule has 1 aromatic carbocycles. The number of hydrogen-bond acceptors (Lipinski definition) is 10. The highest BCUT2D eigenvalue weighted by Crippen LogP contribution is 2.34. The van der Waals surface area contributed by atoms with Crippen LogP contribution in [-0.2, 0) is 9.57 Å². The SMILES string of the molecule is COc1ccc(C2=NOC(C[C@H]3O[C@H](CO)[C@H](O)[C@H](n4cc(-c5cc(F)c(F)c(F)c5)nn4)[C@H]3O)C2)cn1. The fraction of sp³-hybridized carbons (Fsp3) is 0.417. The molecular weight excluding hydrogens is 511 g/mol. The first-order valence-corrected chi connectivity index (χ1v) is 11.7. The molecule has 0 radical (unpaired) electrons. The summed E-state index contributed by atoms with van der Waals surface area (Å²) in [5.74, 6) is -3.96. The van der Waals surface area contributed by atoms with Crippen molar-refractivity contribution in [2.75, 3.05) is 13.7 Å². The number of rotatable bonds is 7. The molecule has 2 aromatic heterocycles. The Hall–Kier alpha value is -3.59. The number of aliphatic hydroxyl groups is 3. The highest BCUT2D eigenvalue weighted by atomic mass is 19.2. The molecule has 3 aromatic rings. The van der Waals surface area contributed by atoms with Gasteiger partial charge in [0, 0.05) is 36.2 Å². The van der Waals surface area contributed by atoms with Gasteiger partial charge in [-0.05, 0) is 18.2 Å². The minimum atomic E-state index is -1.62. The molecule has 0 spiro atoms. The first-order valence-electron chi connectivity index (χ1n) is 11.7. The zero-order chi connectivity index (χ0) is 27.0. The lowest BCUT2D eigenvalue weighted by Gasteiger charge is -2.42. The van der Waals surface area contributed by atoms with E-state index in [1.54, 1.807) is 18.3 Å². The lowest BCUT2D eigenvalue weighted by Crippen LogP contribution is -2.56. The van der Waals surface area contributed by atoms with Crippen LogP contribution < -0.4 is 4.74 Å². The quantitative estimate of drug-likeness (QED) is 0.382. The Labute approximate surface area is 214 Å². The third-order valence-electron chi connectivity index (χ3n) is 6.59. The van der Waals surface area contributed by atoms with Gasteiger partial charge in [-0.15, -0.1) is 5.10 Å². The van der Waals surface area contributed by atoms with Crippen molar-refractivity contribution in [2.24, 2.45) is 5.16 Å². The monoisotopic (exact) mass is 535 g/mol. The fourth-order valence-electron chi connectivity index (χ4n) is 4.60. The van der Waals surface area contributed by atoms with Crippen molar-refractivity contribution in [3.63, 3.8) is 0 Å². The second kappa shape index (κ2) is 10.6. The van der Waals surface area contributed by atoms with Gasteiger partial charge in [-0.1, -0.05) is 10.4 Å². The second-order valence-corrected chi connectivity index (χ2v) is 9.00. The van der Waals surface area contributed by atoms with E-state index in [1.165, 1.54) is 13.3 Å². The van der Waals surface area contributed by atoms with Crippen LogP contribution in [0.2, 0.25) is 0 Å². The molecule has 0 amide bonds. The number of aliphatic hydroxyl groups excluding tert-OH is 3. The van der Waals surface area contributed by atoms with Crippen LogP contribution in [-0.4, -0.2) is 85.2 Å². The van der Waals surface area contributed by atoms with E-state index < -0.39 is 60.6 Å². The Kier molecular flexibility index (Phi) is 7.29. The summed E-state index contributed by atoms with van der Waals surface area (Å²) < 4.78 is 52.7. The molecule has 2 aliphatic rings. The molecular formula is C24H24F3N5O6. The molecule has 0 aliphatic carbocycles. The molecule has 202 valence electrons. The fourth-order valence-corrected chi connectivity index (χ4v) is 4.60. The molecule has 14 heteroatoms. The number of methoxy groups -OCH3 is 1.